The van der Waals surface area contributed by atoms with Gasteiger partial charge in [-0.1, -0.05) is 13.8 Å². The molecule has 0 saturated heterocycles. The summed E-state index contributed by atoms with van der Waals surface area (Å²) in [6.07, 6.45) is 5.43. The molecule has 2 nitrogen and oxygen atoms in total. The topological polar surface area (TPSA) is 26.0 Å². The third-order valence-electron chi connectivity index (χ3n) is 1.42. The molecule has 0 radical (unpaired) electrons. The van der Waals surface area contributed by atoms with E-state index in [0.717, 1.165) is 24.7 Å². The van der Waals surface area contributed by atoms with Crippen molar-refractivity contribution in [2.75, 3.05) is 0 Å². The average molecular weight is 139 g/mol. The Kier molecular flexibility index (Phi) is 2.49. The van der Waals surface area contributed by atoms with Gasteiger partial charge in [0.05, 0.1) is 6.20 Å². The van der Waals surface area contributed by atoms with Crippen molar-refractivity contribution in [3.8, 4) is 0 Å². The maximum absolute atomic E-state index is 5.07. The Labute approximate surface area is 61.3 Å². The van der Waals surface area contributed by atoms with Crippen molar-refractivity contribution in [2.45, 2.75) is 26.7 Å². The smallest absolute Gasteiger partial charge is 0.193 e. The van der Waals surface area contributed by atoms with Gasteiger partial charge < -0.3 is 4.42 Å². The zero-order chi connectivity index (χ0) is 7.40. The van der Waals surface area contributed by atoms with Gasteiger partial charge in [-0.2, -0.15) is 0 Å². The molecule has 1 aromatic heterocycles. The van der Waals surface area contributed by atoms with E-state index >= 15 is 0 Å². The Morgan fingerprint density at radius 3 is 2.90 bits per heavy atom. The monoisotopic (exact) mass is 139 g/mol. The normalized spacial score (nSPS) is 10.7. The standard InChI is InChI=1S/C8H13NO/c1-7(2)3-4-8-9-5-6-10-8/h5-7H,3-4H2,1-2H3. The van der Waals surface area contributed by atoms with Crippen LogP contribution in [0, 0.1) is 5.92 Å². The average Bonchev–Trinajstić information content (AvgIpc) is 2.34. The molecule has 0 bridgehead atoms. The molecule has 0 saturated carbocycles. The van der Waals surface area contributed by atoms with Gasteiger partial charge in [-0.3, -0.25) is 0 Å². The van der Waals surface area contributed by atoms with Gasteiger partial charge in [0.25, 0.3) is 0 Å². The lowest BCUT2D eigenvalue weighted by atomic mass is 10.1. The molecule has 0 fully saturated rings. The van der Waals surface area contributed by atoms with E-state index in [1.807, 2.05) is 0 Å². The zero-order valence-electron chi connectivity index (χ0n) is 6.50. The van der Waals surface area contributed by atoms with Gasteiger partial charge in [-0.25, -0.2) is 4.98 Å². The van der Waals surface area contributed by atoms with Crippen molar-refractivity contribution in [3.63, 3.8) is 0 Å². The predicted molar refractivity (Wildman–Crippen MR) is 39.7 cm³/mol. The summed E-state index contributed by atoms with van der Waals surface area (Å²) in [5, 5.41) is 0. The van der Waals surface area contributed by atoms with E-state index in [9.17, 15) is 0 Å². The molecule has 0 aliphatic heterocycles. The largest absolute Gasteiger partial charge is 0.449 e. The molecule has 56 valence electrons. The minimum atomic E-state index is 0.729. The second kappa shape index (κ2) is 3.40. The van der Waals surface area contributed by atoms with Crippen LogP contribution < -0.4 is 0 Å². The van der Waals surface area contributed by atoms with E-state index in [-0.39, 0.29) is 0 Å². The predicted octanol–water partition coefficient (Wildman–Crippen LogP) is 2.26. The van der Waals surface area contributed by atoms with Gasteiger partial charge >= 0.3 is 0 Å². The fraction of sp³-hybridized carbons (Fsp3) is 0.625. The SMILES string of the molecule is CC(C)CCc1ncco1. The van der Waals surface area contributed by atoms with Crippen LogP contribution >= 0.6 is 0 Å². The van der Waals surface area contributed by atoms with E-state index in [0.29, 0.717) is 0 Å². The molecule has 0 amide bonds. The molecule has 1 aromatic rings. The number of rotatable bonds is 3. The second-order valence-electron chi connectivity index (χ2n) is 2.86. The fourth-order valence-corrected chi connectivity index (χ4v) is 0.789. The van der Waals surface area contributed by atoms with Crippen molar-refractivity contribution in [1.82, 2.24) is 4.98 Å². The van der Waals surface area contributed by atoms with Crippen LogP contribution in [0.5, 0.6) is 0 Å². The molecule has 0 aliphatic carbocycles. The molecule has 10 heavy (non-hydrogen) atoms. The van der Waals surface area contributed by atoms with Gasteiger partial charge in [0.1, 0.15) is 6.26 Å². The summed E-state index contributed by atoms with van der Waals surface area (Å²) in [4.78, 5) is 4.02. The highest BCUT2D eigenvalue weighted by Gasteiger charge is 1.98. The minimum Gasteiger partial charge on any atom is -0.449 e. The van der Waals surface area contributed by atoms with E-state index in [1.54, 1.807) is 12.5 Å². The van der Waals surface area contributed by atoms with Gasteiger partial charge in [0.15, 0.2) is 5.89 Å². The number of hydrogen-bond acceptors (Lipinski definition) is 2. The first-order valence-corrected chi connectivity index (χ1v) is 3.67. The van der Waals surface area contributed by atoms with Crippen molar-refractivity contribution in [1.29, 1.82) is 0 Å². The van der Waals surface area contributed by atoms with Crippen molar-refractivity contribution < 1.29 is 4.42 Å². The van der Waals surface area contributed by atoms with Crippen LogP contribution in [-0.4, -0.2) is 4.98 Å². The third kappa shape index (κ3) is 2.21. The highest BCUT2D eigenvalue weighted by molar-refractivity contribution is 4.79. The first-order valence-electron chi connectivity index (χ1n) is 3.67. The number of hydrogen-bond donors (Lipinski definition) is 0. The van der Waals surface area contributed by atoms with Gasteiger partial charge in [0.2, 0.25) is 0 Å². The Hall–Kier alpha value is -0.790. The maximum Gasteiger partial charge on any atom is 0.193 e. The van der Waals surface area contributed by atoms with E-state index < -0.39 is 0 Å². The molecule has 1 rings (SSSR count). The molecule has 0 atom stereocenters. The lowest BCUT2D eigenvalue weighted by molar-refractivity contribution is 0.462. The van der Waals surface area contributed by atoms with Gasteiger partial charge in [-0.15, -0.1) is 0 Å². The Morgan fingerprint density at radius 1 is 1.60 bits per heavy atom. The Balaban J connectivity index is 2.28. The summed E-state index contributed by atoms with van der Waals surface area (Å²) in [5.41, 5.74) is 0. The quantitative estimate of drug-likeness (QED) is 0.642. The van der Waals surface area contributed by atoms with Crippen LogP contribution in [-0.2, 0) is 6.42 Å². The summed E-state index contributed by atoms with van der Waals surface area (Å²) in [5.74, 6) is 1.58. The molecule has 2 heteroatoms. The summed E-state index contributed by atoms with van der Waals surface area (Å²) in [7, 11) is 0. The first kappa shape index (κ1) is 7.32. The minimum absolute atomic E-state index is 0.729. The summed E-state index contributed by atoms with van der Waals surface area (Å²) < 4.78 is 5.07. The molecule has 0 N–H and O–H groups in total. The lowest BCUT2D eigenvalue weighted by Gasteiger charge is -1.99. The van der Waals surface area contributed by atoms with Crippen LogP contribution in [0.4, 0.5) is 0 Å². The summed E-state index contributed by atoms with van der Waals surface area (Å²) >= 11 is 0. The second-order valence-corrected chi connectivity index (χ2v) is 2.86. The Morgan fingerprint density at radius 2 is 2.40 bits per heavy atom. The van der Waals surface area contributed by atoms with Crippen LogP contribution in [0.1, 0.15) is 26.2 Å². The lowest BCUT2D eigenvalue weighted by Crippen LogP contribution is -1.91. The van der Waals surface area contributed by atoms with Crippen molar-refractivity contribution >= 4 is 0 Å². The van der Waals surface area contributed by atoms with Crippen molar-refractivity contribution in [3.05, 3.63) is 18.4 Å². The number of oxazole rings is 1. The molecule has 0 aromatic carbocycles. The number of aryl methyl sites for hydroxylation is 1. The molecule has 1 heterocycles. The molecule has 0 aliphatic rings. The van der Waals surface area contributed by atoms with Gasteiger partial charge in [-0.05, 0) is 12.3 Å². The highest BCUT2D eigenvalue weighted by Crippen LogP contribution is 2.05. The first-order chi connectivity index (χ1) is 4.79. The summed E-state index contributed by atoms with van der Waals surface area (Å²) in [6, 6.07) is 0. The zero-order valence-corrected chi connectivity index (χ0v) is 6.50. The van der Waals surface area contributed by atoms with Crippen LogP contribution in [0.3, 0.4) is 0 Å². The Bertz CT molecular complexity index is 167. The molecular formula is C8H13NO. The maximum atomic E-state index is 5.07. The summed E-state index contributed by atoms with van der Waals surface area (Å²) in [6.45, 7) is 4.39. The van der Waals surface area contributed by atoms with Crippen LogP contribution in [0.2, 0.25) is 0 Å². The van der Waals surface area contributed by atoms with Crippen LogP contribution in [0.15, 0.2) is 16.9 Å². The van der Waals surface area contributed by atoms with E-state index in [2.05, 4.69) is 18.8 Å². The molecule has 0 unspecified atom stereocenters. The molecular weight excluding hydrogens is 126 g/mol. The van der Waals surface area contributed by atoms with Crippen molar-refractivity contribution in [2.24, 2.45) is 5.92 Å². The number of aromatic nitrogens is 1. The van der Waals surface area contributed by atoms with E-state index in [4.69, 9.17) is 4.42 Å². The van der Waals surface area contributed by atoms with Gasteiger partial charge in [0, 0.05) is 6.42 Å². The molecule has 0 spiro atoms. The van der Waals surface area contributed by atoms with Crippen LogP contribution in [0.25, 0.3) is 0 Å². The number of nitrogens with zero attached hydrogens (tertiary/aromatic N) is 1. The van der Waals surface area contributed by atoms with E-state index in [1.165, 1.54) is 0 Å². The highest BCUT2D eigenvalue weighted by atomic mass is 16.3. The fourth-order valence-electron chi connectivity index (χ4n) is 0.789. The third-order valence-corrected chi connectivity index (χ3v) is 1.42.